The van der Waals surface area contributed by atoms with E-state index in [1.165, 1.54) is 0 Å². The third kappa shape index (κ3) is 7.13. The van der Waals surface area contributed by atoms with Gasteiger partial charge in [-0.15, -0.1) is 0 Å². The van der Waals surface area contributed by atoms with Crippen LogP contribution in [-0.4, -0.2) is 77.3 Å². The van der Waals surface area contributed by atoms with Crippen LogP contribution in [0.2, 0.25) is 0 Å². The highest BCUT2D eigenvalue weighted by Gasteiger charge is 2.28. The van der Waals surface area contributed by atoms with Crippen LogP contribution in [0.5, 0.6) is 11.6 Å². The van der Waals surface area contributed by atoms with Crippen molar-refractivity contribution in [2.24, 2.45) is 0 Å². The molecule has 0 saturated carbocycles. The van der Waals surface area contributed by atoms with Crippen LogP contribution >= 0.6 is 0 Å². The van der Waals surface area contributed by atoms with Gasteiger partial charge in [0.25, 0.3) is 0 Å². The maximum Gasteiger partial charge on any atom is 0.333 e. The van der Waals surface area contributed by atoms with Crippen molar-refractivity contribution in [3.63, 3.8) is 0 Å². The first-order valence-corrected chi connectivity index (χ1v) is 13.7. The minimum Gasteiger partial charge on any atom is -0.492 e. The van der Waals surface area contributed by atoms with Gasteiger partial charge in [-0.2, -0.15) is 10.2 Å². The van der Waals surface area contributed by atoms with Crippen molar-refractivity contribution in [3.05, 3.63) is 64.6 Å². The van der Waals surface area contributed by atoms with Crippen LogP contribution in [0.15, 0.2) is 36.4 Å². The molecule has 1 unspecified atom stereocenters. The van der Waals surface area contributed by atoms with Gasteiger partial charge in [-0.25, -0.2) is 9.78 Å². The summed E-state index contributed by atoms with van der Waals surface area (Å²) in [6.07, 6.45) is -0.884. The lowest BCUT2D eigenvalue weighted by molar-refractivity contribution is -0.146. The van der Waals surface area contributed by atoms with E-state index in [4.69, 9.17) is 24.7 Å². The van der Waals surface area contributed by atoms with E-state index in [0.717, 1.165) is 33.6 Å². The third-order valence-electron chi connectivity index (χ3n) is 7.01. The number of hydrogen-bond acceptors (Lipinski definition) is 11. The van der Waals surface area contributed by atoms with Gasteiger partial charge < -0.3 is 40.3 Å². The van der Waals surface area contributed by atoms with E-state index in [1.54, 1.807) is 13.2 Å². The number of aliphatic carboxylic acids is 1. The molecule has 222 valence electrons. The van der Waals surface area contributed by atoms with E-state index in [2.05, 4.69) is 32.7 Å². The number of hydrogen-bond donors (Lipinski definition) is 5. The molecule has 1 aliphatic rings. The van der Waals surface area contributed by atoms with Crippen molar-refractivity contribution >= 4 is 11.7 Å². The Bertz CT molecular complexity index is 1440. The van der Waals surface area contributed by atoms with Gasteiger partial charge in [-0.1, -0.05) is 24.3 Å². The third-order valence-corrected chi connectivity index (χ3v) is 7.01. The van der Waals surface area contributed by atoms with E-state index in [0.29, 0.717) is 68.8 Å². The first kappa shape index (κ1) is 30.7. The summed E-state index contributed by atoms with van der Waals surface area (Å²) in [7, 11) is 1.60. The number of aliphatic hydroxyl groups is 2. The zero-order chi connectivity index (χ0) is 30.1. The summed E-state index contributed by atoms with van der Waals surface area (Å²) in [6.45, 7) is 4.85. The quantitative estimate of drug-likeness (QED) is 0.166. The highest BCUT2D eigenvalue weighted by molar-refractivity contribution is 5.80. The minimum atomic E-state index is -1.45. The minimum absolute atomic E-state index is 0.0352. The second-order valence-electron chi connectivity index (χ2n) is 9.83. The Balaban J connectivity index is 1.50. The molecule has 0 fully saturated rings. The molecule has 42 heavy (non-hydrogen) atoms. The number of rotatable bonds is 15. The van der Waals surface area contributed by atoms with Crippen LogP contribution < -0.4 is 25.0 Å². The molecule has 0 bridgehead atoms. The molecule has 5 N–H and O–H groups in total. The molecule has 1 aromatic heterocycles. The van der Waals surface area contributed by atoms with E-state index in [9.17, 15) is 15.2 Å². The van der Waals surface area contributed by atoms with Crippen LogP contribution in [0.25, 0.3) is 11.1 Å². The molecule has 1 atom stereocenters. The van der Waals surface area contributed by atoms with Gasteiger partial charge in [-0.3, -0.25) is 0 Å². The lowest BCUT2D eigenvalue weighted by Gasteiger charge is -2.22. The average molecular weight is 577 g/mol. The van der Waals surface area contributed by atoms with Gasteiger partial charge in [0.15, 0.2) is 6.10 Å². The molecule has 0 aliphatic carbocycles. The number of carboxylic acids is 1. The number of nitrogens with one attached hydrogen (secondary N) is 2. The number of fused-ring (bicyclic) bond motifs is 1. The number of anilines is 1. The Hall–Kier alpha value is -4.28. The number of nitrogens with zero attached hydrogens (tertiary/aromatic N) is 4. The molecule has 12 nitrogen and oxygen atoms in total. The fourth-order valence-electron chi connectivity index (χ4n) is 4.93. The van der Waals surface area contributed by atoms with Gasteiger partial charge in [0.2, 0.25) is 5.88 Å². The fourth-order valence-corrected chi connectivity index (χ4v) is 4.93. The summed E-state index contributed by atoms with van der Waals surface area (Å²) in [5, 5.41) is 43.2. The van der Waals surface area contributed by atoms with E-state index < -0.39 is 12.1 Å². The largest absolute Gasteiger partial charge is 0.492 e. The van der Waals surface area contributed by atoms with Crippen molar-refractivity contribution in [3.8, 4) is 28.8 Å². The van der Waals surface area contributed by atoms with Crippen LogP contribution in [0.1, 0.15) is 34.6 Å². The normalized spacial score (nSPS) is 13.0. The van der Waals surface area contributed by atoms with Crippen molar-refractivity contribution in [2.45, 2.75) is 39.1 Å². The highest BCUT2D eigenvalue weighted by atomic mass is 16.5. The van der Waals surface area contributed by atoms with E-state index in [1.807, 2.05) is 31.2 Å². The molecule has 2 heterocycles. The molecule has 0 saturated heterocycles. The average Bonchev–Trinajstić information content (AvgIpc) is 3.42. The maximum absolute atomic E-state index is 10.7. The summed E-state index contributed by atoms with van der Waals surface area (Å²) in [6, 6.07) is 13.8. The SMILES string of the molecule is COc1nc(CNCCO)nc2c1CN(c1cccc(-c3cccc(OCCCNCC(O)C(=O)O)c3C#N)c1C)C2. The molecule has 0 spiro atoms. The number of benzene rings is 2. The lowest BCUT2D eigenvalue weighted by Crippen LogP contribution is -2.33. The number of methoxy groups -OCH3 is 1. The summed E-state index contributed by atoms with van der Waals surface area (Å²) >= 11 is 0. The molecule has 12 heteroatoms. The molecular weight excluding hydrogens is 540 g/mol. The summed E-state index contributed by atoms with van der Waals surface area (Å²) in [5.74, 6) is 0.354. The van der Waals surface area contributed by atoms with E-state index in [-0.39, 0.29) is 13.2 Å². The fraction of sp³-hybridized carbons (Fsp3) is 0.400. The molecule has 2 aromatic carbocycles. The second kappa shape index (κ2) is 14.6. The van der Waals surface area contributed by atoms with Gasteiger partial charge in [0.1, 0.15) is 23.2 Å². The molecule has 0 amide bonds. The first-order chi connectivity index (χ1) is 20.4. The van der Waals surface area contributed by atoms with Gasteiger partial charge in [0, 0.05) is 24.3 Å². The Labute approximate surface area is 244 Å². The predicted octanol–water partition coefficient (Wildman–Crippen LogP) is 1.74. The number of ether oxygens (including phenoxy) is 2. The maximum atomic E-state index is 10.7. The standard InChI is InChI=1S/C30H36N6O6/c1-19-20(21-7-4-9-27(22(21)14-31)42-13-5-10-32-15-26(38)30(39)40)6-3-8-25(19)36-17-23-24(18-36)34-28(16-33-11-12-37)35-29(23)41-2/h3-4,6-9,26,32-33,37-38H,5,10-13,15-18H2,1-2H3,(H,39,40). The lowest BCUT2D eigenvalue weighted by atomic mass is 9.94. The zero-order valence-corrected chi connectivity index (χ0v) is 23.8. The Kier molecular flexibility index (Phi) is 10.6. The summed E-state index contributed by atoms with van der Waals surface area (Å²) < 4.78 is 11.5. The first-order valence-electron chi connectivity index (χ1n) is 13.7. The molecular formula is C30H36N6O6. The van der Waals surface area contributed by atoms with Crippen molar-refractivity contribution in [2.75, 3.05) is 44.9 Å². The molecule has 3 aromatic rings. The van der Waals surface area contributed by atoms with Gasteiger partial charge in [0.05, 0.1) is 51.2 Å². The number of aromatic nitrogens is 2. The Morgan fingerprint density at radius 3 is 2.67 bits per heavy atom. The number of nitriles is 1. The van der Waals surface area contributed by atoms with Crippen molar-refractivity contribution in [1.29, 1.82) is 5.26 Å². The Morgan fingerprint density at radius 1 is 1.14 bits per heavy atom. The number of carbonyl (C=O) groups is 1. The zero-order valence-electron chi connectivity index (χ0n) is 23.8. The van der Waals surface area contributed by atoms with Gasteiger partial charge >= 0.3 is 5.97 Å². The highest BCUT2D eigenvalue weighted by Crippen LogP contribution is 2.39. The Morgan fingerprint density at radius 2 is 1.93 bits per heavy atom. The summed E-state index contributed by atoms with van der Waals surface area (Å²) in [5.41, 5.74) is 5.98. The predicted molar refractivity (Wildman–Crippen MR) is 155 cm³/mol. The topological polar surface area (TPSA) is 173 Å². The van der Waals surface area contributed by atoms with Gasteiger partial charge in [-0.05, 0) is 43.1 Å². The van der Waals surface area contributed by atoms with E-state index >= 15 is 0 Å². The van der Waals surface area contributed by atoms with Crippen LogP contribution in [0, 0.1) is 18.3 Å². The second-order valence-corrected chi connectivity index (χ2v) is 9.83. The van der Waals surface area contributed by atoms with Crippen LogP contribution in [0.4, 0.5) is 5.69 Å². The smallest absolute Gasteiger partial charge is 0.333 e. The molecule has 1 aliphatic heterocycles. The number of aliphatic hydroxyl groups excluding tert-OH is 2. The number of carboxylic acid groups (broad SMARTS) is 1. The van der Waals surface area contributed by atoms with Crippen molar-refractivity contribution < 1.29 is 29.6 Å². The monoisotopic (exact) mass is 576 g/mol. The molecule has 0 radical (unpaired) electrons. The summed E-state index contributed by atoms with van der Waals surface area (Å²) in [4.78, 5) is 22.2. The molecule has 4 rings (SSSR count). The van der Waals surface area contributed by atoms with Crippen molar-refractivity contribution in [1.82, 2.24) is 20.6 Å². The van der Waals surface area contributed by atoms with Crippen LogP contribution in [-0.2, 0) is 24.4 Å². The van der Waals surface area contributed by atoms with Crippen LogP contribution in [0.3, 0.4) is 0 Å².